The average Bonchev–Trinajstić information content (AvgIpc) is 2.98. The summed E-state index contributed by atoms with van der Waals surface area (Å²) in [4.78, 5) is 0. The van der Waals surface area contributed by atoms with Crippen molar-refractivity contribution in [1.29, 1.82) is 5.41 Å². The van der Waals surface area contributed by atoms with Crippen LogP contribution in [0.3, 0.4) is 0 Å². The first-order valence-electron chi connectivity index (χ1n) is 8.66. The normalized spacial score (nSPS) is 22.8. The highest BCUT2D eigenvalue weighted by atomic mass is 32.1. The lowest BCUT2D eigenvalue weighted by Gasteiger charge is -2.43. The van der Waals surface area contributed by atoms with Crippen molar-refractivity contribution in [3.8, 4) is 11.8 Å². The Balaban J connectivity index is 1.91. The lowest BCUT2D eigenvalue weighted by atomic mass is 9.84. The van der Waals surface area contributed by atoms with Crippen LogP contribution in [0.4, 0.5) is 13.2 Å². The van der Waals surface area contributed by atoms with Crippen LogP contribution in [0.25, 0.3) is 20.2 Å². The molecule has 3 nitrogen and oxygen atoms in total. The molecule has 4 rings (SSSR count). The molecule has 0 radical (unpaired) electrons. The smallest absolute Gasteiger partial charge is 0.360 e. The van der Waals surface area contributed by atoms with E-state index in [2.05, 4.69) is 17.2 Å². The third kappa shape index (κ3) is 3.03. The summed E-state index contributed by atoms with van der Waals surface area (Å²) in [5.41, 5.74) is -0.296. The van der Waals surface area contributed by atoms with Gasteiger partial charge in [0.25, 0.3) is 0 Å². The molecule has 1 aliphatic heterocycles. The Morgan fingerprint density at radius 1 is 1.18 bits per heavy atom. The lowest BCUT2D eigenvalue weighted by molar-refractivity contribution is -0.243. The van der Waals surface area contributed by atoms with Gasteiger partial charge in [-0.1, -0.05) is 12.0 Å². The number of nitrogens with one attached hydrogen (secondary N) is 2. The van der Waals surface area contributed by atoms with Crippen LogP contribution in [-0.4, -0.2) is 24.7 Å². The van der Waals surface area contributed by atoms with Gasteiger partial charge in [0.15, 0.2) is 6.10 Å². The molecular weight excluding hydrogens is 385 g/mol. The summed E-state index contributed by atoms with van der Waals surface area (Å²) in [6.07, 6.45) is -6.60. The van der Waals surface area contributed by atoms with Crippen LogP contribution in [-0.2, 0) is 10.3 Å². The van der Waals surface area contributed by atoms with E-state index in [1.54, 1.807) is 30.4 Å². The monoisotopic (exact) mass is 402 g/mol. The van der Waals surface area contributed by atoms with Gasteiger partial charge in [-0.05, 0) is 49.7 Å². The Hall–Kier alpha value is -2.56. The molecule has 1 fully saturated rings. The van der Waals surface area contributed by atoms with Gasteiger partial charge in [0, 0.05) is 25.7 Å². The van der Waals surface area contributed by atoms with Gasteiger partial charge in [-0.25, -0.2) is 0 Å². The molecule has 144 valence electrons. The van der Waals surface area contributed by atoms with E-state index in [0.717, 1.165) is 25.7 Å². The fourth-order valence-electron chi connectivity index (χ4n) is 3.72. The molecule has 0 amide bonds. The van der Waals surface area contributed by atoms with Gasteiger partial charge >= 0.3 is 6.18 Å². The van der Waals surface area contributed by atoms with E-state index in [0.29, 0.717) is 5.56 Å². The van der Waals surface area contributed by atoms with Crippen LogP contribution in [0.1, 0.15) is 25.0 Å². The van der Waals surface area contributed by atoms with Gasteiger partial charge in [-0.2, -0.15) is 13.2 Å². The molecule has 0 saturated carbocycles. The lowest BCUT2D eigenvalue weighted by Crippen LogP contribution is -2.63. The van der Waals surface area contributed by atoms with Crippen molar-refractivity contribution in [2.75, 3.05) is 6.61 Å². The molecule has 0 unspecified atom stereocenters. The molecule has 2 atom stereocenters. The standard InChI is InChI=1S/C21H17F3N2OS/c1-3-4-12-5-7-16-14(9-12)15-10-13(6-8-17(15)28-16)20(2)19(21(22,23)24)27-11-18(25)26-20/h5-10,19H,11H2,1-2H3,(H2,25,26)/t19-,20+/m0/s1. The van der Waals surface area contributed by atoms with Gasteiger partial charge in [0.2, 0.25) is 0 Å². The molecule has 0 bridgehead atoms. The number of benzene rings is 2. The molecule has 7 heteroatoms. The summed E-state index contributed by atoms with van der Waals surface area (Å²) in [6.45, 7) is 2.81. The molecule has 3 aromatic rings. The molecular formula is C21H17F3N2OS. The van der Waals surface area contributed by atoms with Gasteiger partial charge in [-0.15, -0.1) is 17.3 Å². The van der Waals surface area contributed by atoms with Crippen molar-refractivity contribution in [2.45, 2.75) is 31.7 Å². The minimum Gasteiger partial charge on any atom is -0.360 e. The quantitative estimate of drug-likeness (QED) is 0.552. The maximum Gasteiger partial charge on any atom is 0.417 e. The second kappa shape index (κ2) is 6.50. The van der Waals surface area contributed by atoms with Crippen LogP contribution in [0.15, 0.2) is 36.4 Å². The summed E-state index contributed by atoms with van der Waals surface area (Å²) in [7, 11) is 0. The largest absolute Gasteiger partial charge is 0.417 e. The zero-order valence-electron chi connectivity index (χ0n) is 15.2. The van der Waals surface area contributed by atoms with E-state index in [9.17, 15) is 13.2 Å². The van der Waals surface area contributed by atoms with Crippen molar-refractivity contribution in [1.82, 2.24) is 5.32 Å². The Morgan fingerprint density at radius 3 is 2.54 bits per heavy atom. The number of thiophene rings is 1. The predicted octanol–water partition coefficient (Wildman–Crippen LogP) is 5.17. The second-order valence-electron chi connectivity index (χ2n) is 6.94. The zero-order valence-corrected chi connectivity index (χ0v) is 16.0. The second-order valence-corrected chi connectivity index (χ2v) is 8.02. The maximum absolute atomic E-state index is 13.6. The highest BCUT2D eigenvalue weighted by molar-refractivity contribution is 7.25. The number of halogens is 3. The molecule has 0 spiro atoms. The fourth-order valence-corrected chi connectivity index (χ4v) is 4.78. The Labute approximate surface area is 164 Å². The summed E-state index contributed by atoms with van der Waals surface area (Å²) in [5.74, 6) is 5.81. The number of alkyl halides is 3. The Morgan fingerprint density at radius 2 is 1.86 bits per heavy atom. The van der Waals surface area contributed by atoms with E-state index in [-0.39, 0.29) is 12.4 Å². The molecule has 1 saturated heterocycles. The zero-order chi connectivity index (χ0) is 20.1. The first kappa shape index (κ1) is 18.8. The van der Waals surface area contributed by atoms with Crippen LogP contribution < -0.4 is 5.32 Å². The minimum absolute atomic E-state index is 0.0706. The Kier molecular flexibility index (Phi) is 4.36. The van der Waals surface area contributed by atoms with Gasteiger partial charge in [0.05, 0.1) is 5.54 Å². The number of hydrogen-bond acceptors (Lipinski definition) is 3. The SMILES string of the molecule is CC#Cc1ccc2sc3ccc([C@@]4(C)NC(=N)CO[C@@H]4C(F)(F)F)cc3c2c1. The third-order valence-electron chi connectivity index (χ3n) is 4.96. The topological polar surface area (TPSA) is 45.1 Å². The summed E-state index contributed by atoms with van der Waals surface area (Å²) in [5, 5.41) is 12.4. The van der Waals surface area contributed by atoms with E-state index in [1.165, 1.54) is 6.92 Å². The van der Waals surface area contributed by atoms with E-state index >= 15 is 0 Å². The van der Waals surface area contributed by atoms with E-state index in [4.69, 9.17) is 10.1 Å². The predicted molar refractivity (Wildman–Crippen MR) is 106 cm³/mol. The van der Waals surface area contributed by atoms with Crippen LogP contribution in [0, 0.1) is 17.3 Å². The number of morpholine rings is 1. The molecule has 2 heterocycles. The van der Waals surface area contributed by atoms with Crippen molar-refractivity contribution in [3.05, 3.63) is 47.5 Å². The third-order valence-corrected chi connectivity index (χ3v) is 6.12. The van der Waals surface area contributed by atoms with E-state index in [1.807, 2.05) is 24.3 Å². The highest BCUT2D eigenvalue weighted by Gasteiger charge is 2.55. The minimum atomic E-state index is -4.56. The van der Waals surface area contributed by atoms with Crippen molar-refractivity contribution >= 4 is 37.3 Å². The molecule has 28 heavy (non-hydrogen) atoms. The summed E-state index contributed by atoms with van der Waals surface area (Å²) >= 11 is 1.59. The highest BCUT2D eigenvalue weighted by Crippen LogP contribution is 2.42. The fraction of sp³-hybridized carbons (Fsp3) is 0.286. The molecule has 2 N–H and O–H groups in total. The molecule has 2 aromatic carbocycles. The van der Waals surface area contributed by atoms with Crippen LogP contribution >= 0.6 is 11.3 Å². The first-order chi connectivity index (χ1) is 13.2. The van der Waals surface area contributed by atoms with Crippen molar-refractivity contribution < 1.29 is 17.9 Å². The van der Waals surface area contributed by atoms with Crippen molar-refractivity contribution in [2.24, 2.45) is 0 Å². The van der Waals surface area contributed by atoms with Crippen LogP contribution in [0.5, 0.6) is 0 Å². The van der Waals surface area contributed by atoms with Crippen molar-refractivity contribution in [3.63, 3.8) is 0 Å². The number of ether oxygens (including phenoxy) is 1. The molecule has 0 aliphatic carbocycles. The van der Waals surface area contributed by atoms with Gasteiger partial charge in [0.1, 0.15) is 12.4 Å². The molecule has 1 aromatic heterocycles. The summed E-state index contributed by atoms with van der Waals surface area (Å²) in [6, 6.07) is 11.2. The molecule has 1 aliphatic rings. The summed E-state index contributed by atoms with van der Waals surface area (Å²) < 4.78 is 48.0. The van der Waals surface area contributed by atoms with Gasteiger partial charge in [-0.3, -0.25) is 5.41 Å². The van der Waals surface area contributed by atoms with E-state index < -0.39 is 17.8 Å². The average molecular weight is 402 g/mol. The van der Waals surface area contributed by atoms with Gasteiger partial charge < -0.3 is 10.1 Å². The maximum atomic E-state index is 13.6. The first-order valence-corrected chi connectivity index (χ1v) is 9.47. The number of rotatable bonds is 1. The number of amidine groups is 1. The number of hydrogen-bond donors (Lipinski definition) is 2. The number of fused-ring (bicyclic) bond motifs is 3. The van der Waals surface area contributed by atoms with Crippen LogP contribution in [0.2, 0.25) is 0 Å². The Bertz CT molecular complexity index is 1160.